The van der Waals surface area contributed by atoms with Gasteiger partial charge >= 0.3 is 0 Å². The van der Waals surface area contributed by atoms with Gasteiger partial charge in [0.2, 0.25) is 0 Å². The highest BCUT2D eigenvalue weighted by molar-refractivity contribution is 6.01. The minimum Gasteiger partial charge on any atom is -0.508 e. The Kier molecular flexibility index (Phi) is 6.57. The van der Waals surface area contributed by atoms with Crippen molar-refractivity contribution in [2.24, 2.45) is 0 Å². The van der Waals surface area contributed by atoms with E-state index in [4.69, 9.17) is 9.97 Å². The summed E-state index contributed by atoms with van der Waals surface area (Å²) in [7, 11) is 0. The summed E-state index contributed by atoms with van der Waals surface area (Å²) in [6.07, 6.45) is 9.44. The number of aromatic hydroxyl groups is 1. The first-order chi connectivity index (χ1) is 21.3. The van der Waals surface area contributed by atoms with Crippen molar-refractivity contribution in [1.29, 1.82) is 0 Å². The summed E-state index contributed by atoms with van der Waals surface area (Å²) in [4.78, 5) is 18.6. The monoisotopic (exact) mass is 600 g/mol. The molecule has 2 N–H and O–H groups in total. The van der Waals surface area contributed by atoms with E-state index in [9.17, 15) is 13.9 Å². The van der Waals surface area contributed by atoms with Crippen molar-refractivity contribution >= 4 is 33.6 Å². The van der Waals surface area contributed by atoms with Gasteiger partial charge in [-0.2, -0.15) is 0 Å². The highest BCUT2D eigenvalue weighted by atomic mass is 19.1. The molecule has 228 valence electrons. The lowest BCUT2D eigenvalue weighted by atomic mass is 9.93. The third-order valence-electron chi connectivity index (χ3n) is 10.2. The Morgan fingerprint density at radius 2 is 1.93 bits per heavy atom. The number of anilines is 1. The number of phenols is 1. The van der Waals surface area contributed by atoms with Crippen molar-refractivity contribution in [3.8, 4) is 17.0 Å². The molecule has 4 aromatic rings. The number of aromatic nitrogens is 3. The van der Waals surface area contributed by atoms with Crippen LogP contribution < -0.4 is 10.2 Å². The van der Waals surface area contributed by atoms with E-state index in [2.05, 4.69) is 20.1 Å². The van der Waals surface area contributed by atoms with Crippen LogP contribution in [0.25, 0.3) is 39.0 Å². The van der Waals surface area contributed by atoms with Crippen LogP contribution in [0.5, 0.6) is 5.75 Å². The second-order valence-electron chi connectivity index (χ2n) is 12.9. The van der Waals surface area contributed by atoms with Gasteiger partial charge < -0.3 is 15.3 Å². The zero-order valence-corrected chi connectivity index (χ0v) is 24.7. The number of nitrogens with zero attached hydrogens (tertiary/aromatic N) is 5. The van der Waals surface area contributed by atoms with Gasteiger partial charge in [-0.05, 0) is 79.3 Å². The van der Waals surface area contributed by atoms with Crippen LogP contribution in [0.1, 0.15) is 50.4 Å². The molecule has 44 heavy (non-hydrogen) atoms. The van der Waals surface area contributed by atoms with E-state index in [-0.39, 0.29) is 28.3 Å². The third kappa shape index (κ3) is 4.44. The molecular formula is C34H35F3N6O. The second-order valence-corrected chi connectivity index (χ2v) is 12.9. The molecule has 8 rings (SSSR count). The minimum absolute atomic E-state index is 0.00437. The van der Waals surface area contributed by atoms with Gasteiger partial charge in [0.1, 0.15) is 34.8 Å². The van der Waals surface area contributed by atoms with Crippen molar-refractivity contribution in [2.75, 3.05) is 31.1 Å². The van der Waals surface area contributed by atoms with Gasteiger partial charge in [0, 0.05) is 55.4 Å². The van der Waals surface area contributed by atoms with Crippen molar-refractivity contribution in [2.45, 2.75) is 69.2 Å². The molecule has 2 aromatic heterocycles. The Bertz CT molecular complexity index is 1820. The fraction of sp³-hybridized carbons (Fsp3) is 0.441. The van der Waals surface area contributed by atoms with E-state index in [1.165, 1.54) is 12.1 Å². The lowest BCUT2D eigenvalue weighted by Crippen LogP contribution is -2.51. The smallest absolute Gasteiger partial charge is 0.175 e. The topological polar surface area (TPSA) is 77.4 Å². The number of hydrogen-bond donors (Lipinski definition) is 2. The molecular weight excluding hydrogens is 565 g/mol. The normalized spacial score (nSPS) is 26.9. The fourth-order valence-electron chi connectivity index (χ4n) is 8.20. The number of fused-ring (bicyclic) bond motifs is 5. The van der Waals surface area contributed by atoms with Crippen LogP contribution in [0.4, 0.5) is 19.0 Å². The van der Waals surface area contributed by atoms with Crippen LogP contribution in [-0.2, 0) is 6.42 Å². The van der Waals surface area contributed by atoms with Gasteiger partial charge in [-0.25, -0.2) is 23.1 Å². The maximum atomic E-state index is 16.8. The van der Waals surface area contributed by atoms with Crippen molar-refractivity contribution < 1.29 is 18.3 Å². The van der Waals surface area contributed by atoms with Crippen molar-refractivity contribution in [3.05, 3.63) is 59.6 Å². The Balaban J connectivity index is 1.31. The summed E-state index contributed by atoms with van der Waals surface area (Å²) in [5, 5.41) is 15.8. The molecule has 0 saturated carbocycles. The SMILES string of the molecule is CCc1c(F)ccc2cc(O)cc(-c3ncc4c(N5CC6CCC(C5)N6)nc(/C=C/C56CCCN5CC(F)C6)nc4c3F)c12. The third-order valence-corrected chi connectivity index (χ3v) is 10.2. The van der Waals surface area contributed by atoms with E-state index in [1.807, 2.05) is 19.1 Å². The Labute approximate surface area is 253 Å². The quantitative estimate of drug-likeness (QED) is 0.295. The molecule has 6 heterocycles. The molecule has 10 heteroatoms. The average molecular weight is 601 g/mol. The lowest BCUT2D eigenvalue weighted by molar-refractivity contribution is 0.247. The number of benzene rings is 2. The van der Waals surface area contributed by atoms with Crippen molar-refractivity contribution in [3.63, 3.8) is 0 Å². The van der Waals surface area contributed by atoms with Crippen LogP contribution in [0.15, 0.2) is 36.5 Å². The predicted molar refractivity (Wildman–Crippen MR) is 165 cm³/mol. The summed E-state index contributed by atoms with van der Waals surface area (Å²) in [6, 6.07) is 6.62. The van der Waals surface area contributed by atoms with Crippen LogP contribution >= 0.6 is 0 Å². The Morgan fingerprint density at radius 3 is 2.73 bits per heavy atom. The molecule has 0 aliphatic carbocycles. The van der Waals surface area contributed by atoms with Gasteiger partial charge in [-0.3, -0.25) is 9.88 Å². The minimum atomic E-state index is -0.870. The second kappa shape index (κ2) is 10.4. The predicted octanol–water partition coefficient (Wildman–Crippen LogP) is 5.92. The average Bonchev–Trinajstić information content (AvgIpc) is 3.66. The number of halogens is 3. The molecule has 0 amide bonds. The molecule has 4 saturated heterocycles. The van der Waals surface area contributed by atoms with Crippen LogP contribution in [0.2, 0.25) is 0 Å². The molecule has 4 aliphatic rings. The van der Waals surface area contributed by atoms with E-state index in [0.29, 0.717) is 70.4 Å². The highest BCUT2D eigenvalue weighted by Crippen LogP contribution is 2.42. The number of nitrogens with one attached hydrogen (secondary N) is 1. The molecule has 4 unspecified atom stereocenters. The first kappa shape index (κ1) is 27.8. The summed E-state index contributed by atoms with van der Waals surface area (Å²) in [5.74, 6) is -0.112. The number of hydrogen-bond acceptors (Lipinski definition) is 7. The Morgan fingerprint density at radius 1 is 1.11 bits per heavy atom. The first-order valence-electron chi connectivity index (χ1n) is 15.7. The first-order valence-corrected chi connectivity index (χ1v) is 15.7. The summed E-state index contributed by atoms with van der Waals surface area (Å²) in [5.41, 5.74) is 0.496. The number of aryl methyl sites for hydroxylation is 1. The standard InChI is InChI=1S/C34H35F3N6O/c1-2-24-27(36)7-4-19-12-23(44)13-25(29(19)24)31-30(37)32-26(15-38-31)33(42-17-21-5-6-22(18-42)39-21)41-28(40-32)8-10-34-9-3-11-43(34)16-20(35)14-34/h4,7-8,10,12-13,15,20-22,39,44H,2-3,5-6,9,11,14,16-18H2,1H3/b10-8+. The number of alkyl halides is 1. The molecule has 0 radical (unpaired) electrons. The number of rotatable bonds is 5. The van der Waals surface area contributed by atoms with E-state index < -0.39 is 12.0 Å². The molecule has 7 nitrogen and oxygen atoms in total. The maximum Gasteiger partial charge on any atom is 0.175 e. The molecule has 0 spiro atoms. The van der Waals surface area contributed by atoms with Crippen LogP contribution in [0.3, 0.4) is 0 Å². The zero-order valence-electron chi connectivity index (χ0n) is 24.7. The van der Waals surface area contributed by atoms with Gasteiger partial charge in [-0.15, -0.1) is 0 Å². The largest absolute Gasteiger partial charge is 0.508 e. The highest BCUT2D eigenvalue weighted by Gasteiger charge is 2.47. The Hall–Kier alpha value is -3.76. The lowest BCUT2D eigenvalue weighted by Gasteiger charge is -2.34. The number of phenolic OH excluding ortho intramolecular Hbond substituents is 1. The van der Waals surface area contributed by atoms with Gasteiger partial charge in [-0.1, -0.05) is 19.1 Å². The van der Waals surface area contributed by atoms with Crippen LogP contribution in [-0.4, -0.2) is 74.9 Å². The van der Waals surface area contributed by atoms with Crippen molar-refractivity contribution in [1.82, 2.24) is 25.2 Å². The van der Waals surface area contributed by atoms with Gasteiger partial charge in [0.05, 0.1) is 5.39 Å². The summed E-state index contributed by atoms with van der Waals surface area (Å²) < 4.78 is 46.2. The fourth-order valence-corrected chi connectivity index (χ4v) is 8.20. The van der Waals surface area contributed by atoms with E-state index in [1.54, 1.807) is 18.3 Å². The zero-order chi connectivity index (χ0) is 30.2. The van der Waals surface area contributed by atoms with Gasteiger partial charge in [0.15, 0.2) is 11.6 Å². The summed E-state index contributed by atoms with van der Waals surface area (Å²) in [6.45, 7) is 4.62. The molecule has 4 fully saturated rings. The molecule has 2 aromatic carbocycles. The van der Waals surface area contributed by atoms with E-state index in [0.717, 1.165) is 45.3 Å². The van der Waals surface area contributed by atoms with E-state index >= 15 is 4.39 Å². The number of piperazine rings is 1. The molecule has 2 bridgehead atoms. The number of pyridine rings is 1. The van der Waals surface area contributed by atoms with Crippen LogP contribution in [0, 0.1) is 11.6 Å². The van der Waals surface area contributed by atoms with Gasteiger partial charge in [0.25, 0.3) is 0 Å². The molecule has 4 aliphatic heterocycles. The molecule has 4 atom stereocenters. The summed E-state index contributed by atoms with van der Waals surface area (Å²) >= 11 is 0. The maximum absolute atomic E-state index is 16.8.